The molecule has 0 saturated carbocycles. The molecule has 0 fully saturated rings. The highest BCUT2D eigenvalue weighted by molar-refractivity contribution is 9.10. The van der Waals surface area contributed by atoms with Crippen LogP contribution in [0.25, 0.3) is 0 Å². The Morgan fingerprint density at radius 2 is 1.42 bits per heavy atom. The van der Waals surface area contributed by atoms with Gasteiger partial charge >= 0.3 is 0 Å². The Bertz CT molecular complexity index is 1390. The zero-order valence-corrected chi connectivity index (χ0v) is 23.6. The van der Waals surface area contributed by atoms with Crippen LogP contribution in [0.1, 0.15) is 27.0 Å². The molecular formula is C30H25Br2N3O3. The van der Waals surface area contributed by atoms with E-state index in [0.717, 1.165) is 25.6 Å². The minimum Gasteiger partial charge on any atom is -0.386 e. The molecule has 0 saturated heterocycles. The zero-order chi connectivity index (χ0) is 26.7. The Labute approximate surface area is 238 Å². The molecule has 4 aromatic rings. The second-order valence-corrected chi connectivity index (χ2v) is 10.2. The summed E-state index contributed by atoms with van der Waals surface area (Å²) in [7, 11) is 0. The van der Waals surface area contributed by atoms with E-state index in [4.69, 9.17) is 4.84 Å². The van der Waals surface area contributed by atoms with Crippen LogP contribution in [-0.4, -0.2) is 24.6 Å². The number of hydrogen-bond acceptors (Lipinski definition) is 4. The van der Waals surface area contributed by atoms with Gasteiger partial charge in [-0.3, -0.25) is 9.59 Å². The number of oxime groups is 1. The summed E-state index contributed by atoms with van der Waals surface area (Å²) in [4.78, 5) is 33.5. The van der Waals surface area contributed by atoms with Crippen molar-refractivity contribution in [3.63, 3.8) is 0 Å². The minimum atomic E-state index is -0.329. The molecule has 0 unspecified atom stereocenters. The fraction of sp³-hybridized carbons (Fsp3) is 0.100. The van der Waals surface area contributed by atoms with Crippen LogP contribution in [0.3, 0.4) is 0 Å². The summed E-state index contributed by atoms with van der Waals surface area (Å²) in [6.45, 7) is 0.348. The molecule has 0 aliphatic heterocycles. The van der Waals surface area contributed by atoms with E-state index in [-0.39, 0.29) is 25.0 Å². The molecule has 2 amide bonds. The molecule has 0 aliphatic carbocycles. The summed E-state index contributed by atoms with van der Waals surface area (Å²) < 4.78 is 1.89. The van der Waals surface area contributed by atoms with Gasteiger partial charge in [-0.05, 0) is 53.1 Å². The van der Waals surface area contributed by atoms with Crippen LogP contribution in [0, 0.1) is 0 Å². The summed E-state index contributed by atoms with van der Waals surface area (Å²) >= 11 is 6.84. The minimum absolute atomic E-state index is 0.259. The Hall–Kier alpha value is -3.75. The first kappa shape index (κ1) is 27.3. The number of para-hydroxylation sites is 1. The normalized spacial score (nSPS) is 10.8. The van der Waals surface area contributed by atoms with E-state index in [1.54, 1.807) is 35.4 Å². The van der Waals surface area contributed by atoms with Gasteiger partial charge in [0.15, 0.2) is 6.61 Å². The number of nitrogens with zero attached hydrogens (tertiary/aromatic N) is 2. The summed E-state index contributed by atoms with van der Waals surface area (Å²) in [6.07, 6.45) is 1.55. The van der Waals surface area contributed by atoms with E-state index < -0.39 is 0 Å². The second-order valence-electron chi connectivity index (χ2n) is 8.35. The summed E-state index contributed by atoms with van der Waals surface area (Å²) in [5, 5.41) is 6.91. The smallest absolute Gasteiger partial charge is 0.268 e. The number of benzene rings is 4. The second kappa shape index (κ2) is 13.7. The zero-order valence-electron chi connectivity index (χ0n) is 20.4. The number of carbonyl (C=O) groups excluding carboxylic acids is 2. The third-order valence-electron chi connectivity index (χ3n) is 5.62. The van der Waals surface area contributed by atoms with Gasteiger partial charge in [-0.2, -0.15) is 0 Å². The number of hydrogen-bond donors (Lipinski definition) is 1. The molecule has 0 heterocycles. The molecule has 6 nitrogen and oxygen atoms in total. The van der Waals surface area contributed by atoms with Crippen LogP contribution in [0.4, 0.5) is 5.69 Å². The maximum absolute atomic E-state index is 13.4. The Kier molecular flexibility index (Phi) is 9.84. The third-order valence-corrected chi connectivity index (χ3v) is 6.68. The Balaban J connectivity index is 1.53. The van der Waals surface area contributed by atoms with Gasteiger partial charge in [0, 0.05) is 15.5 Å². The number of rotatable bonds is 10. The van der Waals surface area contributed by atoms with Crippen molar-refractivity contribution in [3.05, 3.63) is 134 Å². The molecule has 4 aromatic carbocycles. The van der Waals surface area contributed by atoms with Crippen molar-refractivity contribution in [2.24, 2.45) is 5.16 Å². The SMILES string of the molecule is O=C(NCc1ccccc1)c1ccccc1N(Cc1ccc(Br)cc1)C(=O)CON=Cc1ccc(Br)cc1. The van der Waals surface area contributed by atoms with Gasteiger partial charge < -0.3 is 15.1 Å². The number of halogens is 2. The fourth-order valence-electron chi connectivity index (χ4n) is 3.67. The van der Waals surface area contributed by atoms with Crippen LogP contribution in [-0.2, 0) is 22.7 Å². The molecule has 4 rings (SSSR count). The van der Waals surface area contributed by atoms with Crippen molar-refractivity contribution in [2.45, 2.75) is 13.1 Å². The number of anilines is 1. The average Bonchev–Trinajstić information content (AvgIpc) is 2.95. The van der Waals surface area contributed by atoms with E-state index in [0.29, 0.717) is 17.8 Å². The fourth-order valence-corrected chi connectivity index (χ4v) is 4.20. The van der Waals surface area contributed by atoms with Gasteiger partial charge in [-0.1, -0.05) is 104 Å². The summed E-state index contributed by atoms with van der Waals surface area (Å²) in [6, 6.07) is 31.9. The van der Waals surface area contributed by atoms with Gasteiger partial charge in [0.2, 0.25) is 0 Å². The Morgan fingerprint density at radius 1 is 0.789 bits per heavy atom. The van der Waals surface area contributed by atoms with Crippen LogP contribution in [0.15, 0.2) is 117 Å². The van der Waals surface area contributed by atoms with E-state index >= 15 is 0 Å². The van der Waals surface area contributed by atoms with E-state index in [1.807, 2.05) is 78.9 Å². The molecule has 0 spiro atoms. The molecule has 38 heavy (non-hydrogen) atoms. The Morgan fingerprint density at radius 3 is 2.13 bits per heavy atom. The van der Waals surface area contributed by atoms with Gasteiger partial charge in [-0.25, -0.2) is 0 Å². The summed E-state index contributed by atoms with van der Waals surface area (Å²) in [5.41, 5.74) is 3.61. The predicted octanol–water partition coefficient (Wildman–Crippen LogP) is 6.73. The molecule has 1 N–H and O–H groups in total. The van der Waals surface area contributed by atoms with Crippen molar-refractivity contribution >= 4 is 55.6 Å². The summed E-state index contributed by atoms with van der Waals surface area (Å²) in [5.74, 6) is -0.601. The van der Waals surface area contributed by atoms with Gasteiger partial charge in [0.1, 0.15) is 0 Å². The lowest BCUT2D eigenvalue weighted by molar-refractivity contribution is -0.123. The topological polar surface area (TPSA) is 71.0 Å². The predicted molar refractivity (Wildman–Crippen MR) is 157 cm³/mol. The number of amides is 2. The van der Waals surface area contributed by atoms with Crippen molar-refractivity contribution < 1.29 is 14.4 Å². The number of nitrogens with one attached hydrogen (secondary N) is 1. The maximum Gasteiger partial charge on any atom is 0.268 e. The quantitative estimate of drug-likeness (QED) is 0.155. The first-order valence-corrected chi connectivity index (χ1v) is 13.4. The highest BCUT2D eigenvalue weighted by atomic mass is 79.9. The molecule has 0 bridgehead atoms. The standard InChI is InChI=1S/C30H25Br2N3O3/c31-25-14-10-23(11-15-25)19-34-38-21-29(36)35(20-24-12-16-26(32)17-13-24)28-9-5-4-8-27(28)30(37)33-18-22-6-2-1-3-7-22/h1-17,19H,18,20-21H2,(H,33,37). The molecule has 8 heteroatoms. The number of carbonyl (C=O) groups is 2. The molecule has 192 valence electrons. The van der Waals surface area contributed by atoms with Gasteiger partial charge in [0.25, 0.3) is 11.8 Å². The van der Waals surface area contributed by atoms with Gasteiger partial charge in [0.05, 0.1) is 24.0 Å². The third kappa shape index (κ3) is 7.87. The largest absolute Gasteiger partial charge is 0.386 e. The van der Waals surface area contributed by atoms with E-state index in [1.165, 1.54) is 0 Å². The lowest BCUT2D eigenvalue weighted by Gasteiger charge is -2.25. The van der Waals surface area contributed by atoms with Crippen molar-refractivity contribution in [1.82, 2.24) is 5.32 Å². The molecule has 0 aliphatic rings. The van der Waals surface area contributed by atoms with Gasteiger partial charge in [-0.15, -0.1) is 0 Å². The van der Waals surface area contributed by atoms with Crippen LogP contribution >= 0.6 is 31.9 Å². The van der Waals surface area contributed by atoms with E-state index in [9.17, 15) is 9.59 Å². The monoisotopic (exact) mass is 633 g/mol. The average molecular weight is 635 g/mol. The highest BCUT2D eigenvalue weighted by Gasteiger charge is 2.22. The highest BCUT2D eigenvalue weighted by Crippen LogP contribution is 2.24. The molecule has 0 aromatic heterocycles. The van der Waals surface area contributed by atoms with Crippen LogP contribution in [0.2, 0.25) is 0 Å². The molecule has 0 atom stereocenters. The first-order valence-electron chi connectivity index (χ1n) is 11.9. The van der Waals surface area contributed by atoms with Crippen LogP contribution in [0.5, 0.6) is 0 Å². The lowest BCUT2D eigenvalue weighted by atomic mass is 10.1. The molecule has 0 radical (unpaired) electrons. The van der Waals surface area contributed by atoms with Crippen molar-refractivity contribution in [3.8, 4) is 0 Å². The van der Waals surface area contributed by atoms with E-state index in [2.05, 4.69) is 42.3 Å². The maximum atomic E-state index is 13.4. The lowest BCUT2D eigenvalue weighted by Crippen LogP contribution is -2.35. The molecular weight excluding hydrogens is 610 g/mol. The van der Waals surface area contributed by atoms with Crippen molar-refractivity contribution in [2.75, 3.05) is 11.5 Å². The van der Waals surface area contributed by atoms with Crippen LogP contribution < -0.4 is 10.2 Å². The van der Waals surface area contributed by atoms with Crippen molar-refractivity contribution in [1.29, 1.82) is 0 Å². The first-order chi connectivity index (χ1) is 18.5.